The summed E-state index contributed by atoms with van der Waals surface area (Å²) in [5.41, 5.74) is 3.16. The van der Waals surface area contributed by atoms with Gasteiger partial charge in [0, 0.05) is 45.2 Å². The van der Waals surface area contributed by atoms with Gasteiger partial charge < -0.3 is 4.90 Å². The smallest absolute Gasteiger partial charge is 0.280 e. The topological polar surface area (TPSA) is 70.1 Å². The van der Waals surface area contributed by atoms with Crippen LogP contribution in [0, 0.1) is 0 Å². The Morgan fingerprint density at radius 2 is 2.00 bits per heavy atom. The zero-order chi connectivity index (χ0) is 17.4. The number of anilines is 1. The Morgan fingerprint density at radius 1 is 1.20 bits per heavy atom. The van der Waals surface area contributed by atoms with E-state index in [1.807, 2.05) is 17.9 Å². The van der Waals surface area contributed by atoms with Crippen molar-refractivity contribution in [3.63, 3.8) is 0 Å². The van der Waals surface area contributed by atoms with Crippen molar-refractivity contribution in [3.8, 4) is 0 Å². The minimum Gasteiger partial charge on any atom is -0.367 e. The highest BCUT2D eigenvalue weighted by atomic mass is 79.9. The number of benzene rings is 1. The standard InChI is InChI=1S/C17H19BrN6O/c1-22-16-12(9-20-22)3-2-4-13(16)11-23-5-7-24(8-6-23)14-10-19-21-17(25)15(14)18/h2-4,9-10H,5-8,11H2,1H3,(H,21,25). The Morgan fingerprint density at radius 3 is 2.80 bits per heavy atom. The maximum atomic E-state index is 11.7. The van der Waals surface area contributed by atoms with Gasteiger partial charge in [-0.1, -0.05) is 18.2 Å². The van der Waals surface area contributed by atoms with Crippen LogP contribution in [0.3, 0.4) is 0 Å². The van der Waals surface area contributed by atoms with E-state index in [2.05, 4.69) is 59.2 Å². The largest absolute Gasteiger partial charge is 0.367 e. The second-order valence-corrected chi connectivity index (χ2v) is 7.08. The summed E-state index contributed by atoms with van der Waals surface area (Å²) in [5, 5.41) is 11.9. The van der Waals surface area contributed by atoms with E-state index in [-0.39, 0.29) is 5.56 Å². The number of halogens is 1. The summed E-state index contributed by atoms with van der Waals surface area (Å²) in [7, 11) is 1.99. The van der Waals surface area contributed by atoms with Crippen molar-refractivity contribution in [2.24, 2.45) is 7.05 Å². The van der Waals surface area contributed by atoms with Crippen molar-refractivity contribution < 1.29 is 0 Å². The molecular weight excluding hydrogens is 384 g/mol. The van der Waals surface area contributed by atoms with Crippen LogP contribution in [-0.4, -0.2) is 51.1 Å². The molecule has 1 aromatic carbocycles. The third-order valence-corrected chi connectivity index (χ3v) is 5.49. The van der Waals surface area contributed by atoms with Gasteiger partial charge in [0.2, 0.25) is 0 Å². The fourth-order valence-electron chi connectivity index (χ4n) is 3.43. The van der Waals surface area contributed by atoms with Crippen molar-refractivity contribution >= 4 is 32.5 Å². The first-order valence-electron chi connectivity index (χ1n) is 8.23. The van der Waals surface area contributed by atoms with Gasteiger partial charge in [-0.05, 0) is 21.5 Å². The van der Waals surface area contributed by atoms with Crippen molar-refractivity contribution in [1.29, 1.82) is 0 Å². The lowest BCUT2D eigenvalue weighted by molar-refractivity contribution is 0.250. The van der Waals surface area contributed by atoms with Crippen molar-refractivity contribution in [2.75, 3.05) is 31.1 Å². The molecule has 0 spiro atoms. The molecule has 1 aliphatic heterocycles. The van der Waals surface area contributed by atoms with Crippen LogP contribution in [0.2, 0.25) is 0 Å². The van der Waals surface area contributed by atoms with Gasteiger partial charge in [0.15, 0.2) is 0 Å². The molecule has 0 unspecified atom stereocenters. The number of nitrogens with one attached hydrogen (secondary N) is 1. The molecule has 0 atom stereocenters. The van der Waals surface area contributed by atoms with Gasteiger partial charge >= 0.3 is 0 Å². The molecule has 0 saturated carbocycles. The lowest BCUT2D eigenvalue weighted by Crippen LogP contribution is -2.46. The predicted molar refractivity (Wildman–Crippen MR) is 101 cm³/mol. The molecule has 3 aromatic rings. The number of aryl methyl sites for hydroxylation is 1. The maximum absolute atomic E-state index is 11.7. The van der Waals surface area contributed by atoms with Gasteiger partial charge in [-0.3, -0.25) is 14.4 Å². The molecule has 1 saturated heterocycles. The lowest BCUT2D eigenvalue weighted by Gasteiger charge is -2.36. The number of piperazine rings is 1. The molecular formula is C17H19BrN6O. The average molecular weight is 403 g/mol. The third kappa shape index (κ3) is 3.07. The van der Waals surface area contributed by atoms with Gasteiger partial charge in [0.1, 0.15) is 4.47 Å². The van der Waals surface area contributed by atoms with Crippen molar-refractivity contribution in [2.45, 2.75) is 6.54 Å². The molecule has 0 bridgehead atoms. The summed E-state index contributed by atoms with van der Waals surface area (Å²) >= 11 is 3.37. The Balaban J connectivity index is 1.48. The Bertz CT molecular complexity index is 957. The normalized spacial score (nSPS) is 15.8. The highest BCUT2D eigenvalue weighted by Crippen LogP contribution is 2.24. The molecule has 1 fully saturated rings. The number of H-pyrrole nitrogens is 1. The first-order valence-corrected chi connectivity index (χ1v) is 9.03. The molecule has 0 radical (unpaired) electrons. The van der Waals surface area contributed by atoms with Crippen LogP contribution in [0.4, 0.5) is 5.69 Å². The highest BCUT2D eigenvalue weighted by molar-refractivity contribution is 9.10. The summed E-state index contributed by atoms with van der Waals surface area (Å²) in [6.45, 7) is 4.51. The minimum absolute atomic E-state index is 0.192. The van der Waals surface area contributed by atoms with Gasteiger partial charge in [-0.15, -0.1) is 0 Å². The number of aromatic nitrogens is 4. The first kappa shape index (κ1) is 16.3. The molecule has 130 valence electrons. The zero-order valence-electron chi connectivity index (χ0n) is 13.9. The second kappa shape index (κ2) is 6.61. The first-order chi connectivity index (χ1) is 12.1. The van der Waals surface area contributed by atoms with Crippen LogP contribution < -0.4 is 10.5 Å². The van der Waals surface area contributed by atoms with Gasteiger partial charge in [0.05, 0.1) is 23.6 Å². The van der Waals surface area contributed by atoms with E-state index in [1.54, 1.807) is 6.20 Å². The molecule has 8 heteroatoms. The molecule has 25 heavy (non-hydrogen) atoms. The van der Waals surface area contributed by atoms with Crippen LogP contribution in [0.5, 0.6) is 0 Å². The Kier molecular flexibility index (Phi) is 4.30. The number of hydrogen-bond donors (Lipinski definition) is 1. The summed E-state index contributed by atoms with van der Waals surface area (Å²) in [4.78, 5) is 16.3. The zero-order valence-corrected chi connectivity index (χ0v) is 15.5. The molecule has 0 aliphatic carbocycles. The molecule has 7 nitrogen and oxygen atoms in total. The average Bonchev–Trinajstić information content (AvgIpc) is 3.01. The summed E-state index contributed by atoms with van der Waals surface area (Å²) in [6.07, 6.45) is 3.62. The Labute approximate surface area is 153 Å². The Hall–Kier alpha value is -2.19. The van der Waals surface area contributed by atoms with Crippen LogP contribution in [-0.2, 0) is 13.6 Å². The lowest BCUT2D eigenvalue weighted by atomic mass is 10.1. The quantitative estimate of drug-likeness (QED) is 0.722. The third-order valence-electron chi connectivity index (χ3n) is 4.73. The highest BCUT2D eigenvalue weighted by Gasteiger charge is 2.21. The predicted octanol–water partition coefficient (Wildman–Crippen LogP) is 1.74. The van der Waals surface area contributed by atoms with E-state index in [0.29, 0.717) is 4.47 Å². The number of para-hydroxylation sites is 1. The second-order valence-electron chi connectivity index (χ2n) is 6.28. The van der Waals surface area contributed by atoms with E-state index in [0.717, 1.165) is 38.4 Å². The van der Waals surface area contributed by atoms with Gasteiger partial charge in [0.25, 0.3) is 5.56 Å². The molecule has 1 N–H and O–H groups in total. The van der Waals surface area contributed by atoms with E-state index < -0.39 is 0 Å². The van der Waals surface area contributed by atoms with Gasteiger partial charge in [-0.25, -0.2) is 5.10 Å². The summed E-state index contributed by atoms with van der Waals surface area (Å²) in [6, 6.07) is 6.36. The van der Waals surface area contributed by atoms with Crippen molar-refractivity contribution in [1.82, 2.24) is 24.9 Å². The van der Waals surface area contributed by atoms with Crippen LogP contribution in [0.1, 0.15) is 5.56 Å². The summed E-state index contributed by atoms with van der Waals surface area (Å²) < 4.78 is 2.50. The maximum Gasteiger partial charge on any atom is 0.280 e. The number of aromatic amines is 1. The van der Waals surface area contributed by atoms with E-state index in [9.17, 15) is 4.79 Å². The number of rotatable bonds is 3. The fourth-order valence-corrected chi connectivity index (χ4v) is 3.87. The van der Waals surface area contributed by atoms with E-state index >= 15 is 0 Å². The van der Waals surface area contributed by atoms with Crippen LogP contribution >= 0.6 is 15.9 Å². The summed E-state index contributed by atoms with van der Waals surface area (Å²) in [5.74, 6) is 0. The number of hydrogen-bond acceptors (Lipinski definition) is 5. The molecule has 0 amide bonds. The molecule has 3 heterocycles. The SMILES string of the molecule is Cn1ncc2cccc(CN3CCN(c4cn[nH]c(=O)c4Br)CC3)c21. The van der Waals surface area contributed by atoms with Crippen LogP contribution in [0.15, 0.2) is 39.9 Å². The van der Waals surface area contributed by atoms with E-state index in [4.69, 9.17) is 0 Å². The van der Waals surface area contributed by atoms with E-state index in [1.165, 1.54) is 16.5 Å². The van der Waals surface area contributed by atoms with Crippen LogP contribution in [0.25, 0.3) is 10.9 Å². The van der Waals surface area contributed by atoms with Gasteiger partial charge in [-0.2, -0.15) is 10.2 Å². The monoisotopic (exact) mass is 402 g/mol. The molecule has 1 aliphatic rings. The minimum atomic E-state index is -0.192. The number of fused-ring (bicyclic) bond motifs is 1. The fraction of sp³-hybridized carbons (Fsp3) is 0.353. The molecule has 2 aromatic heterocycles. The van der Waals surface area contributed by atoms with Crippen molar-refractivity contribution in [3.05, 3.63) is 51.0 Å². The molecule has 4 rings (SSSR count). The number of nitrogens with zero attached hydrogens (tertiary/aromatic N) is 5.